The second kappa shape index (κ2) is 11.3. The number of pyridine rings is 1. The van der Waals surface area contributed by atoms with Crippen molar-refractivity contribution in [2.45, 2.75) is 65.0 Å². The van der Waals surface area contributed by atoms with Crippen LogP contribution in [0.1, 0.15) is 52.7 Å². The summed E-state index contributed by atoms with van der Waals surface area (Å²) in [6.07, 6.45) is 3.95. The third kappa shape index (κ3) is 5.97. The Hall–Kier alpha value is -3.94. The van der Waals surface area contributed by atoms with Gasteiger partial charge in [-0.2, -0.15) is 0 Å². The highest BCUT2D eigenvalue weighted by molar-refractivity contribution is 7.90. The number of hydrogen-bond acceptors (Lipinski definition) is 11. The summed E-state index contributed by atoms with van der Waals surface area (Å²) in [5.74, 6) is 2.53. The number of sulfone groups is 1. The van der Waals surface area contributed by atoms with E-state index in [0.717, 1.165) is 51.9 Å². The summed E-state index contributed by atoms with van der Waals surface area (Å²) >= 11 is 1.58. The molecule has 0 radical (unpaired) electrons. The Kier molecular flexibility index (Phi) is 7.65. The van der Waals surface area contributed by atoms with Gasteiger partial charge >= 0.3 is 0 Å². The lowest BCUT2D eigenvalue weighted by Gasteiger charge is -2.25. The third-order valence-electron chi connectivity index (χ3n) is 7.32. The van der Waals surface area contributed by atoms with Gasteiger partial charge in [0.2, 0.25) is 0 Å². The quantitative estimate of drug-likeness (QED) is 0.209. The minimum absolute atomic E-state index is 0.170. The van der Waals surface area contributed by atoms with Gasteiger partial charge in [0.05, 0.1) is 27.0 Å². The van der Waals surface area contributed by atoms with Crippen molar-refractivity contribution in [2.75, 3.05) is 23.5 Å². The first-order valence-corrected chi connectivity index (χ1v) is 16.8. The van der Waals surface area contributed by atoms with Crippen LogP contribution in [-0.4, -0.2) is 50.8 Å². The highest BCUT2D eigenvalue weighted by Crippen LogP contribution is 2.37. The molecular weight excluding hydrogens is 585 g/mol. The number of nitrogens with one attached hydrogen (secondary N) is 2. The molecule has 1 unspecified atom stereocenters. The molecule has 6 rings (SSSR count). The summed E-state index contributed by atoms with van der Waals surface area (Å²) in [6.45, 7) is 10.3. The number of aryl methyl sites for hydroxylation is 5. The van der Waals surface area contributed by atoms with E-state index in [0.29, 0.717) is 46.6 Å². The number of anilines is 4. The lowest BCUT2D eigenvalue weighted by atomic mass is 10.1. The fourth-order valence-corrected chi connectivity index (χ4v) is 7.24. The number of benzene rings is 1. The Bertz CT molecular complexity index is 1940. The van der Waals surface area contributed by atoms with Crippen molar-refractivity contribution in [1.82, 2.24) is 29.5 Å². The normalized spacial score (nSPS) is 15.6. The Labute approximate surface area is 254 Å². The van der Waals surface area contributed by atoms with Crippen LogP contribution in [0.15, 0.2) is 35.2 Å². The van der Waals surface area contributed by atoms with Gasteiger partial charge in [-0.05, 0) is 66.0 Å². The fourth-order valence-electron chi connectivity index (χ4n) is 5.54. The molecule has 224 valence electrons. The summed E-state index contributed by atoms with van der Waals surface area (Å²) in [5.41, 5.74) is 4.64. The summed E-state index contributed by atoms with van der Waals surface area (Å²) in [4.78, 5) is 24.6. The number of nitrogens with zero attached hydrogens (tertiary/aromatic N) is 6. The van der Waals surface area contributed by atoms with E-state index in [1.807, 2.05) is 57.4 Å². The van der Waals surface area contributed by atoms with Crippen molar-refractivity contribution in [3.63, 3.8) is 0 Å². The Morgan fingerprint density at radius 2 is 1.70 bits per heavy atom. The molecule has 1 atom stereocenters. The van der Waals surface area contributed by atoms with Crippen LogP contribution in [0, 0.1) is 34.6 Å². The van der Waals surface area contributed by atoms with Gasteiger partial charge in [-0.3, -0.25) is 4.57 Å². The van der Waals surface area contributed by atoms with Crippen molar-refractivity contribution in [2.24, 2.45) is 0 Å². The topological polar surface area (TPSA) is 137 Å². The van der Waals surface area contributed by atoms with Crippen molar-refractivity contribution in [1.29, 1.82) is 0 Å². The number of thiazole rings is 1. The zero-order valence-corrected chi connectivity index (χ0v) is 26.7. The van der Waals surface area contributed by atoms with E-state index >= 15 is 0 Å². The van der Waals surface area contributed by atoms with E-state index in [2.05, 4.69) is 25.6 Å². The molecule has 11 nitrogen and oxygen atoms in total. The molecule has 43 heavy (non-hydrogen) atoms. The molecule has 2 N–H and O–H groups in total. The maximum Gasteiger partial charge on any atom is 0.177 e. The van der Waals surface area contributed by atoms with E-state index < -0.39 is 9.84 Å². The molecule has 0 saturated carbocycles. The lowest BCUT2D eigenvalue weighted by molar-refractivity contribution is -0.0308. The maximum absolute atomic E-state index is 13.1. The standard InChI is InChI=1S/C30H34N8O3S2/c1-16-13-25(32-18(3)31-16)36-26-15-23(29-30(37-26)38(19(4)33-29)27-9-7-8-12-41-27)35-22-11-10-21(14-24(22)43(6,39)40)28-17(2)42-20(5)34-28/h10-11,13-15,27H,7-9,12H2,1-6H3,(H2,31,32,35,36,37). The molecule has 1 aliphatic rings. The van der Waals surface area contributed by atoms with Gasteiger partial charge in [-0.15, -0.1) is 11.3 Å². The van der Waals surface area contributed by atoms with Crippen molar-refractivity contribution < 1.29 is 13.2 Å². The highest BCUT2D eigenvalue weighted by Gasteiger charge is 2.25. The first-order valence-electron chi connectivity index (χ1n) is 14.1. The van der Waals surface area contributed by atoms with Crippen LogP contribution in [0.25, 0.3) is 22.4 Å². The number of ether oxygens (including phenoxy) is 1. The van der Waals surface area contributed by atoms with Gasteiger partial charge in [-0.25, -0.2) is 33.3 Å². The smallest absolute Gasteiger partial charge is 0.177 e. The molecule has 1 aliphatic heterocycles. The summed E-state index contributed by atoms with van der Waals surface area (Å²) < 4.78 is 34.3. The first-order chi connectivity index (χ1) is 20.5. The molecule has 13 heteroatoms. The third-order valence-corrected chi connectivity index (χ3v) is 9.34. The zero-order chi connectivity index (χ0) is 30.5. The molecule has 5 aromatic rings. The number of fused-ring (bicyclic) bond motifs is 1. The van der Waals surface area contributed by atoms with E-state index in [-0.39, 0.29) is 11.1 Å². The van der Waals surface area contributed by atoms with Gasteiger partial charge in [0, 0.05) is 41.1 Å². The average Bonchev–Trinajstić information content (AvgIpc) is 3.45. The van der Waals surface area contributed by atoms with Crippen LogP contribution in [0.5, 0.6) is 0 Å². The molecule has 0 aliphatic carbocycles. The van der Waals surface area contributed by atoms with Gasteiger partial charge in [0.15, 0.2) is 15.5 Å². The van der Waals surface area contributed by atoms with E-state index in [1.165, 1.54) is 6.26 Å². The Morgan fingerprint density at radius 1 is 0.907 bits per heavy atom. The molecule has 1 saturated heterocycles. The van der Waals surface area contributed by atoms with Gasteiger partial charge in [-0.1, -0.05) is 6.07 Å². The molecular formula is C30H34N8O3S2. The molecule has 0 bridgehead atoms. The lowest BCUT2D eigenvalue weighted by Crippen LogP contribution is -2.19. The molecule has 5 heterocycles. The van der Waals surface area contributed by atoms with Crippen molar-refractivity contribution in [3.8, 4) is 11.3 Å². The number of aromatic nitrogens is 6. The van der Waals surface area contributed by atoms with E-state index in [9.17, 15) is 8.42 Å². The first kappa shape index (κ1) is 29.1. The predicted molar refractivity (Wildman–Crippen MR) is 169 cm³/mol. The van der Waals surface area contributed by atoms with Gasteiger partial charge in [0.25, 0.3) is 0 Å². The second-order valence-corrected chi connectivity index (χ2v) is 14.3. The van der Waals surface area contributed by atoms with Crippen molar-refractivity contribution in [3.05, 3.63) is 57.6 Å². The van der Waals surface area contributed by atoms with E-state index in [4.69, 9.17) is 14.7 Å². The number of rotatable bonds is 7. The van der Waals surface area contributed by atoms with Crippen LogP contribution in [0.4, 0.5) is 23.0 Å². The predicted octanol–water partition coefficient (Wildman–Crippen LogP) is 6.48. The zero-order valence-electron chi connectivity index (χ0n) is 25.0. The molecule has 0 amide bonds. The van der Waals surface area contributed by atoms with Crippen LogP contribution in [-0.2, 0) is 14.6 Å². The van der Waals surface area contributed by atoms with Crippen molar-refractivity contribution >= 4 is 55.3 Å². The fraction of sp³-hybridized carbons (Fsp3) is 0.367. The number of hydrogen-bond donors (Lipinski definition) is 2. The summed E-state index contributed by atoms with van der Waals surface area (Å²) in [5, 5.41) is 7.63. The minimum Gasteiger partial charge on any atom is -0.358 e. The highest BCUT2D eigenvalue weighted by atomic mass is 32.2. The monoisotopic (exact) mass is 618 g/mol. The van der Waals surface area contributed by atoms with E-state index in [1.54, 1.807) is 23.5 Å². The summed E-state index contributed by atoms with van der Waals surface area (Å²) in [7, 11) is -3.61. The largest absolute Gasteiger partial charge is 0.358 e. The molecule has 4 aromatic heterocycles. The minimum atomic E-state index is -3.61. The second-order valence-electron chi connectivity index (χ2n) is 10.9. The van der Waals surface area contributed by atoms with Gasteiger partial charge < -0.3 is 15.4 Å². The Morgan fingerprint density at radius 3 is 2.37 bits per heavy atom. The van der Waals surface area contributed by atoms with Gasteiger partial charge in [0.1, 0.15) is 35.0 Å². The van der Waals surface area contributed by atoms with Crippen LogP contribution < -0.4 is 10.6 Å². The van der Waals surface area contributed by atoms with Crippen LogP contribution in [0.3, 0.4) is 0 Å². The Balaban J connectivity index is 1.49. The number of imidazole rings is 1. The molecule has 1 fully saturated rings. The average molecular weight is 619 g/mol. The van der Waals surface area contributed by atoms with Crippen LogP contribution in [0.2, 0.25) is 0 Å². The summed E-state index contributed by atoms with van der Waals surface area (Å²) in [6, 6.07) is 9.03. The maximum atomic E-state index is 13.1. The molecule has 0 spiro atoms. The molecule has 1 aromatic carbocycles. The van der Waals surface area contributed by atoms with Crippen LogP contribution >= 0.6 is 11.3 Å². The SMILES string of the molecule is Cc1cc(Nc2cc(Nc3ccc(-c4nc(C)sc4C)cc3S(C)(=O)=O)c3nc(C)n(C4CCCCO4)c3n2)nc(C)n1.